The molecule has 1 saturated heterocycles. The maximum atomic E-state index is 5.59. The Morgan fingerprint density at radius 2 is 1.57 bits per heavy atom. The summed E-state index contributed by atoms with van der Waals surface area (Å²) in [4.78, 5) is 4.76. The summed E-state index contributed by atoms with van der Waals surface area (Å²) >= 11 is 0. The number of piperazine rings is 1. The molecule has 0 aliphatic carbocycles. The lowest BCUT2D eigenvalue weighted by atomic mass is 10.1. The van der Waals surface area contributed by atoms with Gasteiger partial charge in [0.1, 0.15) is 17.2 Å². The standard InChI is InChI=1S/C22H25N3O3/c1-26-21-9-5-3-7-18(21)19-15-17(28-23-19)16-24-11-13-25(14-12-24)20-8-4-6-10-22(20)27-2/h3-10,15H,11-14,16H2,1-2H3. The smallest absolute Gasteiger partial charge is 0.151 e. The SMILES string of the molecule is COc1ccccc1-c1cc(CN2CCN(c3ccccc3OC)CC2)on1. The van der Waals surface area contributed by atoms with Crippen LogP contribution in [0.5, 0.6) is 11.5 Å². The fourth-order valence-corrected chi connectivity index (χ4v) is 3.63. The van der Waals surface area contributed by atoms with E-state index in [0.717, 1.165) is 66.9 Å². The Balaban J connectivity index is 1.39. The number of aromatic nitrogens is 1. The van der Waals surface area contributed by atoms with Crippen molar-refractivity contribution in [3.05, 3.63) is 60.4 Å². The van der Waals surface area contributed by atoms with Crippen LogP contribution >= 0.6 is 0 Å². The third-order valence-corrected chi connectivity index (χ3v) is 5.12. The fourth-order valence-electron chi connectivity index (χ4n) is 3.63. The molecule has 1 aliphatic heterocycles. The van der Waals surface area contributed by atoms with Crippen molar-refractivity contribution >= 4 is 5.69 Å². The number of ether oxygens (including phenoxy) is 2. The first-order chi connectivity index (χ1) is 13.8. The zero-order valence-electron chi connectivity index (χ0n) is 16.3. The highest BCUT2D eigenvalue weighted by Crippen LogP contribution is 2.30. The lowest BCUT2D eigenvalue weighted by Gasteiger charge is -2.36. The summed E-state index contributed by atoms with van der Waals surface area (Å²) < 4.78 is 16.5. The van der Waals surface area contributed by atoms with Gasteiger partial charge in [-0.25, -0.2) is 0 Å². The summed E-state index contributed by atoms with van der Waals surface area (Å²) in [6.07, 6.45) is 0. The molecule has 0 atom stereocenters. The van der Waals surface area contributed by atoms with E-state index < -0.39 is 0 Å². The normalized spacial score (nSPS) is 14.9. The van der Waals surface area contributed by atoms with Gasteiger partial charge in [0, 0.05) is 37.8 Å². The first-order valence-electron chi connectivity index (χ1n) is 9.48. The number of anilines is 1. The minimum Gasteiger partial charge on any atom is -0.496 e. The van der Waals surface area contributed by atoms with E-state index in [1.165, 1.54) is 0 Å². The molecule has 6 heteroatoms. The maximum Gasteiger partial charge on any atom is 0.151 e. The Kier molecular flexibility index (Phi) is 5.48. The average molecular weight is 379 g/mol. The van der Waals surface area contributed by atoms with Gasteiger partial charge in [0.25, 0.3) is 0 Å². The summed E-state index contributed by atoms with van der Waals surface area (Å²) in [5.41, 5.74) is 2.91. The van der Waals surface area contributed by atoms with Crippen molar-refractivity contribution in [3.63, 3.8) is 0 Å². The minimum absolute atomic E-state index is 0.752. The van der Waals surface area contributed by atoms with Crippen LogP contribution in [0.3, 0.4) is 0 Å². The van der Waals surface area contributed by atoms with E-state index in [1.807, 2.05) is 42.5 Å². The Bertz CT molecular complexity index is 917. The third-order valence-electron chi connectivity index (χ3n) is 5.12. The van der Waals surface area contributed by atoms with Crippen molar-refractivity contribution < 1.29 is 14.0 Å². The summed E-state index contributed by atoms with van der Waals surface area (Å²) in [6, 6.07) is 18.0. The van der Waals surface area contributed by atoms with Crippen molar-refractivity contribution in [1.82, 2.24) is 10.1 Å². The summed E-state index contributed by atoms with van der Waals surface area (Å²) in [7, 11) is 3.39. The number of para-hydroxylation sites is 3. The zero-order valence-corrected chi connectivity index (χ0v) is 16.3. The maximum absolute atomic E-state index is 5.59. The van der Waals surface area contributed by atoms with E-state index in [-0.39, 0.29) is 0 Å². The molecule has 146 valence electrons. The number of nitrogens with zero attached hydrogens (tertiary/aromatic N) is 3. The van der Waals surface area contributed by atoms with Crippen LogP contribution in [0.15, 0.2) is 59.1 Å². The summed E-state index contributed by atoms with van der Waals surface area (Å²) in [5.74, 6) is 2.59. The number of benzene rings is 2. The topological polar surface area (TPSA) is 51.0 Å². The molecule has 0 saturated carbocycles. The van der Waals surface area contributed by atoms with E-state index in [9.17, 15) is 0 Å². The highest BCUT2D eigenvalue weighted by atomic mass is 16.5. The molecule has 4 rings (SSSR count). The van der Waals surface area contributed by atoms with Gasteiger partial charge in [0.2, 0.25) is 0 Å². The van der Waals surface area contributed by atoms with Crippen molar-refractivity contribution in [2.45, 2.75) is 6.54 Å². The molecule has 2 aromatic carbocycles. The van der Waals surface area contributed by atoms with Crippen LogP contribution in [0, 0.1) is 0 Å². The monoisotopic (exact) mass is 379 g/mol. The zero-order chi connectivity index (χ0) is 19.3. The highest BCUT2D eigenvalue weighted by molar-refractivity contribution is 5.66. The molecule has 3 aromatic rings. The van der Waals surface area contributed by atoms with Gasteiger partial charge in [0.15, 0.2) is 5.76 Å². The molecular weight excluding hydrogens is 354 g/mol. The molecule has 2 heterocycles. The van der Waals surface area contributed by atoms with Gasteiger partial charge >= 0.3 is 0 Å². The molecule has 0 bridgehead atoms. The van der Waals surface area contributed by atoms with Crippen LogP contribution in [0.1, 0.15) is 5.76 Å². The average Bonchev–Trinajstić information content (AvgIpc) is 3.22. The molecule has 28 heavy (non-hydrogen) atoms. The van der Waals surface area contributed by atoms with Gasteiger partial charge in [-0.05, 0) is 24.3 Å². The Labute approximate surface area is 165 Å². The number of hydrogen-bond acceptors (Lipinski definition) is 6. The van der Waals surface area contributed by atoms with Crippen LogP contribution in [-0.2, 0) is 6.54 Å². The van der Waals surface area contributed by atoms with Gasteiger partial charge in [-0.15, -0.1) is 0 Å². The van der Waals surface area contributed by atoms with Gasteiger partial charge in [-0.3, -0.25) is 4.90 Å². The van der Waals surface area contributed by atoms with Gasteiger partial charge in [-0.2, -0.15) is 0 Å². The largest absolute Gasteiger partial charge is 0.496 e. The molecule has 1 fully saturated rings. The van der Waals surface area contributed by atoms with Crippen LogP contribution in [-0.4, -0.2) is 50.5 Å². The predicted molar refractivity (Wildman–Crippen MR) is 109 cm³/mol. The summed E-state index contributed by atoms with van der Waals surface area (Å²) in [6.45, 7) is 4.58. The Morgan fingerprint density at radius 3 is 2.32 bits per heavy atom. The first-order valence-corrected chi connectivity index (χ1v) is 9.48. The van der Waals surface area contributed by atoms with E-state index in [1.54, 1.807) is 14.2 Å². The highest BCUT2D eigenvalue weighted by Gasteiger charge is 2.21. The lowest BCUT2D eigenvalue weighted by Crippen LogP contribution is -2.46. The van der Waals surface area contributed by atoms with Gasteiger partial charge in [-0.1, -0.05) is 29.4 Å². The number of rotatable bonds is 6. The van der Waals surface area contributed by atoms with Gasteiger partial charge in [0.05, 0.1) is 26.5 Å². The molecule has 0 spiro atoms. The van der Waals surface area contributed by atoms with Crippen LogP contribution in [0.2, 0.25) is 0 Å². The van der Waals surface area contributed by atoms with Crippen molar-refractivity contribution in [1.29, 1.82) is 0 Å². The molecule has 1 aromatic heterocycles. The molecule has 0 radical (unpaired) electrons. The molecule has 0 unspecified atom stereocenters. The predicted octanol–water partition coefficient (Wildman–Crippen LogP) is 3.68. The van der Waals surface area contributed by atoms with Crippen molar-refractivity contribution in [2.75, 3.05) is 45.3 Å². The minimum atomic E-state index is 0.752. The van der Waals surface area contributed by atoms with Crippen molar-refractivity contribution in [3.8, 4) is 22.8 Å². The quantitative estimate of drug-likeness (QED) is 0.651. The van der Waals surface area contributed by atoms with E-state index in [4.69, 9.17) is 14.0 Å². The van der Waals surface area contributed by atoms with Crippen LogP contribution < -0.4 is 14.4 Å². The Hall–Kier alpha value is -2.99. The molecule has 0 amide bonds. The van der Waals surface area contributed by atoms with Gasteiger partial charge < -0.3 is 18.9 Å². The van der Waals surface area contributed by atoms with Crippen LogP contribution in [0.4, 0.5) is 5.69 Å². The lowest BCUT2D eigenvalue weighted by molar-refractivity contribution is 0.219. The van der Waals surface area contributed by atoms with Crippen molar-refractivity contribution in [2.24, 2.45) is 0 Å². The molecule has 6 nitrogen and oxygen atoms in total. The third kappa shape index (κ3) is 3.82. The number of hydrogen-bond donors (Lipinski definition) is 0. The summed E-state index contributed by atoms with van der Waals surface area (Å²) in [5, 5.41) is 4.24. The number of methoxy groups -OCH3 is 2. The first kappa shape index (κ1) is 18.4. The van der Waals surface area contributed by atoms with E-state index in [0.29, 0.717) is 0 Å². The second kappa shape index (κ2) is 8.35. The second-order valence-corrected chi connectivity index (χ2v) is 6.81. The van der Waals surface area contributed by atoms with E-state index >= 15 is 0 Å². The second-order valence-electron chi connectivity index (χ2n) is 6.81. The molecular formula is C22H25N3O3. The Morgan fingerprint density at radius 1 is 0.893 bits per heavy atom. The molecule has 1 aliphatic rings. The molecule has 0 N–H and O–H groups in total. The van der Waals surface area contributed by atoms with E-state index in [2.05, 4.69) is 27.1 Å². The fraction of sp³-hybridized carbons (Fsp3) is 0.318. The van der Waals surface area contributed by atoms with Crippen LogP contribution in [0.25, 0.3) is 11.3 Å².